The maximum absolute atomic E-state index is 12.4. The van der Waals surface area contributed by atoms with Gasteiger partial charge in [-0.15, -0.1) is 11.3 Å². The molecular formula is C17H11ClN4O2S2. The normalized spacial score (nSPS) is 10.2. The number of benzene rings is 1. The van der Waals surface area contributed by atoms with Gasteiger partial charge in [0.2, 0.25) is 0 Å². The quantitative estimate of drug-likeness (QED) is 0.669. The average Bonchev–Trinajstić information content (AvgIpc) is 3.21. The number of thiophene rings is 1. The molecule has 2 aromatic heterocycles. The maximum Gasteiger partial charge on any atom is 0.267 e. The topological polar surface area (TPSA) is 94.9 Å². The van der Waals surface area contributed by atoms with Crippen molar-refractivity contribution in [3.05, 3.63) is 62.4 Å². The number of nitrogens with zero attached hydrogens (tertiary/aromatic N) is 2. The molecular weight excluding hydrogens is 392 g/mol. The summed E-state index contributed by atoms with van der Waals surface area (Å²) < 4.78 is 0. The lowest BCUT2D eigenvalue weighted by Gasteiger charge is -2.04. The highest BCUT2D eigenvalue weighted by Gasteiger charge is 2.17. The summed E-state index contributed by atoms with van der Waals surface area (Å²) in [5, 5.41) is 15.5. The third kappa shape index (κ3) is 3.91. The molecule has 1 aromatic carbocycles. The first kappa shape index (κ1) is 18.1. The minimum Gasteiger partial charge on any atom is -0.313 e. The fourth-order valence-electron chi connectivity index (χ4n) is 2.13. The molecule has 0 radical (unpaired) electrons. The third-order valence-corrected chi connectivity index (χ3v) is 5.61. The molecule has 0 fully saturated rings. The Balaban J connectivity index is 1.74. The van der Waals surface area contributed by atoms with E-state index in [4.69, 9.17) is 16.9 Å². The summed E-state index contributed by atoms with van der Waals surface area (Å²) in [5.74, 6) is -0.688. The third-order valence-electron chi connectivity index (χ3n) is 3.32. The van der Waals surface area contributed by atoms with Gasteiger partial charge in [0.25, 0.3) is 11.8 Å². The van der Waals surface area contributed by atoms with Crippen LogP contribution >= 0.6 is 34.3 Å². The number of nitrogens with one attached hydrogen (secondary N) is 2. The molecule has 0 saturated carbocycles. The summed E-state index contributed by atoms with van der Waals surface area (Å²) in [5.41, 5.74) is 1.08. The van der Waals surface area contributed by atoms with Crippen LogP contribution in [0.1, 0.15) is 30.5 Å². The predicted octanol–water partition coefficient (Wildman–Crippen LogP) is 4.54. The van der Waals surface area contributed by atoms with Crippen LogP contribution in [0.5, 0.6) is 0 Å². The van der Waals surface area contributed by atoms with E-state index in [9.17, 15) is 9.59 Å². The van der Waals surface area contributed by atoms with Crippen molar-refractivity contribution < 1.29 is 9.59 Å². The molecule has 6 nitrogen and oxygen atoms in total. The van der Waals surface area contributed by atoms with Gasteiger partial charge in [0.15, 0.2) is 5.13 Å². The van der Waals surface area contributed by atoms with Gasteiger partial charge in [-0.2, -0.15) is 5.26 Å². The Morgan fingerprint density at radius 3 is 2.65 bits per heavy atom. The van der Waals surface area contributed by atoms with Crippen molar-refractivity contribution in [2.45, 2.75) is 6.92 Å². The lowest BCUT2D eigenvalue weighted by molar-refractivity contribution is 0.102. The number of thiazole rings is 1. The van der Waals surface area contributed by atoms with Crippen LogP contribution in [0, 0.1) is 18.3 Å². The number of hydrogen-bond donors (Lipinski definition) is 2. The van der Waals surface area contributed by atoms with Crippen LogP contribution in [0.15, 0.2) is 36.5 Å². The number of amides is 2. The van der Waals surface area contributed by atoms with Gasteiger partial charge in [0.1, 0.15) is 10.9 Å². The molecule has 0 bridgehead atoms. The van der Waals surface area contributed by atoms with E-state index in [-0.39, 0.29) is 11.8 Å². The number of rotatable bonds is 4. The highest BCUT2D eigenvalue weighted by molar-refractivity contribution is 7.19. The van der Waals surface area contributed by atoms with Crippen molar-refractivity contribution >= 4 is 56.2 Å². The molecule has 0 aliphatic heterocycles. The molecule has 0 saturated heterocycles. The number of carbonyl (C=O) groups excluding carboxylic acids is 2. The first-order valence-corrected chi connectivity index (χ1v) is 9.32. The lowest BCUT2D eigenvalue weighted by atomic mass is 10.2. The molecule has 0 aliphatic carbocycles. The first-order valence-electron chi connectivity index (χ1n) is 7.31. The van der Waals surface area contributed by atoms with E-state index in [2.05, 4.69) is 15.6 Å². The highest BCUT2D eigenvalue weighted by Crippen LogP contribution is 2.29. The monoisotopic (exact) mass is 402 g/mol. The molecule has 0 unspecified atom stereocenters. The number of halogens is 1. The Morgan fingerprint density at radius 2 is 1.96 bits per heavy atom. The van der Waals surface area contributed by atoms with Crippen molar-refractivity contribution in [2.24, 2.45) is 0 Å². The summed E-state index contributed by atoms with van der Waals surface area (Å²) >= 11 is 8.27. The summed E-state index contributed by atoms with van der Waals surface area (Å²) in [6.45, 7) is 1.78. The molecule has 26 heavy (non-hydrogen) atoms. The summed E-state index contributed by atoms with van der Waals surface area (Å²) in [6.07, 6.45) is 1.40. The Morgan fingerprint density at radius 1 is 1.19 bits per heavy atom. The smallest absolute Gasteiger partial charge is 0.267 e. The molecule has 0 aliphatic rings. The molecule has 9 heteroatoms. The number of carbonyl (C=O) groups is 2. The van der Waals surface area contributed by atoms with Gasteiger partial charge >= 0.3 is 0 Å². The zero-order chi connectivity index (χ0) is 18.7. The van der Waals surface area contributed by atoms with Gasteiger partial charge in [0, 0.05) is 0 Å². The molecule has 0 atom stereocenters. The molecule has 3 rings (SSSR count). The van der Waals surface area contributed by atoms with Crippen LogP contribution in [0.4, 0.5) is 10.1 Å². The fourth-order valence-corrected chi connectivity index (χ4v) is 3.92. The Labute approximate surface area is 162 Å². The summed E-state index contributed by atoms with van der Waals surface area (Å²) in [4.78, 5) is 29.6. The molecule has 2 N–H and O–H groups in total. The Bertz CT molecular complexity index is 1040. The van der Waals surface area contributed by atoms with Crippen LogP contribution in [0.25, 0.3) is 0 Å². The number of aromatic nitrogens is 1. The van der Waals surface area contributed by atoms with Crippen LogP contribution in [0.3, 0.4) is 0 Å². The van der Waals surface area contributed by atoms with Gasteiger partial charge in [-0.1, -0.05) is 35.1 Å². The van der Waals surface area contributed by atoms with Gasteiger partial charge in [-0.3, -0.25) is 14.9 Å². The van der Waals surface area contributed by atoms with Crippen molar-refractivity contribution in [1.29, 1.82) is 5.26 Å². The zero-order valence-electron chi connectivity index (χ0n) is 13.4. The van der Waals surface area contributed by atoms with Crippen molar-refractivity contribution in [1.82, 2.24) is 4.98 Å². The second-order valence-electron chi connectivity index (χ2n) is 5.15. The zero-order valence-corrected chi connectivity index (χ0v) is 15.8. The average molecular weight is 403 g/mol. The minimum absolute atomic E-state index is 0.343. The predicted molar refractivity (Wildman–Crippen MR) is 103 cm³/mol. The van der Waals surface area contributed by atoms with E-state index in [0.29, 0.717) is 30.5 Å². The van der Waals surface area contributed by atoms with E-state index in [1.54, 1.807) is 37.3 Å². The van der Waals surface area contributed by atoms with E-state index in [1.165, 1.54) is 6.20 Å². The van der Waals surface area contributed by atoms with Crippen molar-refractivity contribution in [3.8, 4) is 6.07 Å². The summed E-state index contributed by atoms with van der Waals surface area (Å²) in [7, 11) is 0. The minimum atomic E-state index is -0.345. The molecule has 3 aromatic rings. The van der Waals surface area contributed by atoms with Crippen molar-refractivity contribution in [3.63, 3.8) is 0 Å². The van der Waals surface area contributed by atoms with Crippen LogP contribution in [-0.2, 0) is 0 Å². The van der Waals surface area contributed by atoms with Crippen LogP contribution < -0.4 is 10.6 Å². The molecule has 130 valence electrons. The highest BCUT2D eigenvalue weighted by atomic mass is 35.5. The molecule has 2 heterocycles. The Kier molecular flexibility index (Phi) is 5.32. The number of anilines is 2. The number of nitriles is 1. The van der Waals surface area contributed by atoms with Crippen LogP contribution in [-0.4, -0.2) is 16.8 Å². The van der Waals surface area contributed by atoms with Gasteiger partial charge in [-0.25, -0.2) is 4.98 Å². The van der Waals surface area contributed by atoms with Crippen molar-refractivity contribution in [2.75, 3.05) is 10.6 Å². The summed E-state index contributed by atoms with van der Waals surface area (Å²) in [6, 6.07) is 10.4. The van der Waals surface area contributed by atoms with Gasteiger partial charge in [0.05, 0.1) is 26.7 Å². The van der Waals surface area contributed by atoms with E-state index in [0.717, 1.165) is 28.2 Å². The second kappa shape index (κ2) is 7.66. The second-order valence-corrected chi connectivity index (χ2v) is 7.64. The van der Waals surface area contributed by atoms with E-state index in [1.807, 2.05) is 6.07 Å². The SMILES string of the molecule is Cc1cc(NC(=O)c2ccccc2Cl)sc1C(=O)Nc1ncc(C#N)s1. The van der Waals surface area contributed by atoms with Gasteiger partial charge < -0.3 is 5.32 Å². The standard InChI is InChI=1S/C17H11ClN4O2S2/c1-9-6-13(21-15(23)11-4-2-3-5-12(11)18)26-14(9)16(24)22-17-20-8-10(7-19)25-17/h2-6,8H,1H3,(H,21,23)(H,20,22,24). The Hall–Kier alpha value is -2.73. The fraction of sp³-hybridized carbons (Fsp3) is 0.0588. The first-order chi connectivity index (χ1) is 12.5. The van der Waals surface area contributed by atoms with Gasteiger partial charge in [-0.05, 0) is 30.7 Å². The lowest BCUT2D eigenvalue weighted by Crippen LogP contribution is -2.11. The molecule has 0 spiro atoms. The molecule has 2 amide bonds. The van der Waals surface area contributed by atoms with E-state index < -0.39 is 0 Å². The van der Waals surface area contributed by atoms with Crippen LogP contribution in [0.2, 0.25) is 5.02 Å². The number of hydrogen-bond acceptors (Lipinski definition) is 6. The maximum atomic E-state index is 12.4. The number of aryl methyl sites for hydroxylation is 1. The van der Waals surface area contributed by atoms with E-state index >= 15 is 0 Å². The largest absolute Gasteiger partial charge is 0.313 e.